The van der Waals surface area contributed by atoms with Crippen molar-refractivity contribution in [2.45, 2.75) is 25.9 Å². The number of hydrogen-bond acceptors (Lipinski definition) is 5. The standard InChI is InChI=1S/C7H8O5/c1-2-3-4-5(8)12-7(10)6(9)11-4/h4H,2-3H2,1H3. The molecule has 0 amide bonds. The predicted octanol–water partition coefficient (Wildman–Crippen LogP) is -0.218. The summed E-state index contributed by atoms with van der Waals surface area (Å²) < 4.78 is 8.60. The first-order chi connectivity index (χ1) is 5.65. The number of hydrogen-bond donors (Lipinski definition) is 0. The third-order valence-electron chi connectivity index (χ3n) is 1.42. The van der Waals surface area contributed by atoms with Crippen LogP contribution in [-0.2, 0) is 23.9 Å². The van der Waals surface area contributed by atoms with E-state index in [1.165, 1.54) is 0 Å². The summed E-state index contributed by atoms with van der Waals surface area (Å²) in [6, 6.07) is 0. The molecule has 66 valence electrons. The highest BCUT2D eigenvalue weighted by atomic mass is 16.7. The molecule has 0 aromatic rings. The second kappa shape index (κ2) is 3.34. The van der Waals surface area contributed by atoms with Gasteiger partial charge in [0.1, 0.15) is 0 Å². The fourth-order valence-corrected chi connectivity index (χ4v) is 0.863. The Labute approximate surface area is 68.6 Å². The quantitative estimate of drug-likeness (QED) is 0.327. The summed E-state index contributed by atoms with van der Waals surface area (Å²) in [4.78, 5) is 31.8. The fraction of sp³-hybridized carbons (Fsp3) is 0.571. The first kappa shape index (κ1) is 8.70. The molecule has 1 saturated heterocycles. The van der Waals surface area contributed by atoms with E-state index in [2.05, 4.69) is 9.47 Å². The largest absolute Gasteiger partial charge is 0.442 e. The van der Waals surface area contributed by atoms with E-state index in [0.29, 0.717) is 12.8 Å². The van der Waals surface area contributed by atoms with E-state index in [0.717, 1.165) is 0 Å². The van der Waals surface area contributed by atoms with Crippen molar-refractivity contribution in [3.8, 4) is 0 Å². The van der Waals surface area contributed by atoms with Crippen LogP contribution in [0.3, 0.4) is 0 Å². The summed E-state index contributed by atoms with van der Waals surface area (Å²) in [6.07, 6.45) is 0.166. The van der Waals surface area contributed by atoms with Gasteiger partial charge in [-0.05, 0) is 6.42 Å². The van der Waals surface area contributed by atoms with Crippen LogP contribution in [0.5, 0.6) is 0 Å². The second-order valence-corrected chi connectivity index (χ2v) is 2.39. The highest BCUT2D eigenvalue weighted by molar-refractivity contribution is 6.33. The Hall–Kier alpha value is -1.39. The topological polar surface area (TPSA) is 69.7 Å². The van der Waals surface area contributed by atoms with Gasteiger partial charge < -0.3 is 9.47 Å². The van der Waals surface area contributed by atoms with Gasteiger partial charge in [0, 0.05) is 0 Å². The van der Waals surface area contributed by atoms with Gasteiger partial charge in [0.25, 0.3) is 0 Å². The van der Waals surface area contributed by atoms with Crippen molar-refractivity contribution in [1.29, 1.82) is 0 Å². The molecular weight excluding hydrogens is 164 g/mol. The van der Waals surface area contributed by atoms with E-state index in [9.17, 15) is 14.4 Å². The van der Waals surface area contributed by atoms with Crippen LogP contribution in [-0.4, -0.2) is 24.0 Å². The summed E-state index contributed by atoms with van der Waals surface area (Å²) in [5, 5.41) is 0. The normalized spacial score (nSPS) is 23.4. The highest BCUT2D eigenvalue weighted by Gasteiger charge is 2.36. The molecule has 0 aromatic carbocycles. The van der Waals surface area contributed by atoms with Crippen LogP contribution in [0.4, 0.5) is 0 Å². The molecule has 1 unspecified atom stereocenters. The Balaban J connectivity index is 2.61. The molecule has 0 bridgehead atoms. The molecule has 0 aromatic heterocycles. The van der Waals surface area contributed by atoms with Crippen LogP contribution in [0.2, 0.25) is 0 Å². The molecule has 1 aliphatic rings. The maximum Gasteiger partial charge on any atom is 0.425 e. The molecule has 1 heterocycles. The van der Waals surface area contributed by atoms with Crippen LogP contribution < -0.4 is 0 Å². The lowest BCUT2D eigenvalue weighted by Crippen LogP contribution is -2.40. The molecule has 0 aliphatic carbocycles. The Morgan fingerprint density at radius 2 is 1.92 bits per heavy atom. The average molecular weight is 172 g/mol. The van der Waals surface area contributed by atoms with Gasteiger partial charge >= 0.3 is 17.9 Å². The number of rotatable bonds is 2. The van der Waals surface area contributed by atoms with Gasteiger partial charge in [-0.1, -0.05) is 13.3 Å². The molecule has 1 rings (SSSR count). The van der Waals surface area contributed by atoms with Crippen LogP contribution in [0.25, 0.3) is 0 Å². The third kappa shape index (κ3) is 1.61. The molecule has 1 fully saturated rings. The number of cyclic esters (lactones) is 3. The highest BCUT2D eigenvalue weighted by Crippen LogP contribution is 2.10. The van der Waals surface area contributed by atoms with Gasteiger partial charge in [-0.3, -0.25) is 0 Å². The van der Waals surface area contributed by atoms with Gasteiger partial charge in [-0.2, -0.15) is 0 Å². The predicted molar refractivity (Wildman–Crippen MR) is 35.9 cm³/mol. The van der Waals surface area contributed by atoms with Gasteiger partial charge in [-0.25, -0.2) is 14.4 Å². The Kier molecular flexibility index (Phi) is 2.42. The molecule has 1 atom stereocenters. The first-order valence-corrected chi connectivity index (χ1v) is 3.61. The molecule has 12 heavy (non-hydrogen) atoms. The average Bonchev–Trinajstić information content (AvgIpc) is 2.01. The van der Waals surface area contributed by atoms with E-state index < -0.39 is 24.0 Å². The zero-order valence-corrected chi connectivity index (χ0v) is 6.53. The van der Waals surface area contributed by atoms with Crippen LogP contribution in [0, 0.1) is 0 Å². The third-order valence-corrected chi connectivity index (χ3v) is 1.42. The molecule has 0 saturated carbocycles. The van der Waals surface area contributed by atoms with Crippen LogP contribution in [0.15, 0.2) is 0 Å². The van der Waals surface area contributed by atoms with Gasteiger partial charge in [-0.15, -0.1) is 0 Å². The minimum absolute atomic E-state index is 0.387. The van der Waals surface area contributed by atoms with Gasteiger partial charge in [0.2, 0.25) is 0 Å². The molecule has 0 radical (unpaired) electrons. The van der Waals surface area contributed by atoms with Crippen molar-refractivity contribution < 1.29 is 23.9 Å². The van der Waals surface area contributed by atoms with Crippen LogP contribution >= 0.6 is 0 Å². The smallest absolute Gasteiger partial charge is 0.425 e. The van der Waals surface area contributed by atoms with Crippen molar-refractivity contribution in [3.63, 3.8) is 0 Å². The SMILES string of the molecule is CCCC1OC(=O)C(=O)OC1=O. The minimum atomic E-state index is -1.23. The number of carbonyl (C=O) groups is 3. The summed E-state index contributed by atoms with van der Waals surface area (Å²) in [5.74, 6) is -3.10. The minimum Gasteiger partial charge on any atom is -0.442 e. The number of esters is 3. The molecule has 5 nitrogen and oxygen atoms in total. The summed E-state index contributed by atoms with van der Waals surface area (Å²) in [6.45, 7) is 1.83. The lowest BCUT2D eigenvalue weighted by atomic mass is 10.2. The van der Waals surface area contributed by atoms with Crippen molar-refractivity contribution in [3.05, 3.63) is 0 Å². The van der Waals surface area contributed by atoms with Gasteiger partial charge in [0.05, 0.1) is 0 Å². The Morgan fingerprint density at radius 1 is 1.25 bits per heavy atom. The summed E-state index contributed by atoms with van der Waals surface area (Å²) in [7, 11) is 0. The molecule has 0 N–H and O–H groups in total. The zero-order chi connectivity index (χ0) is 9.14. The second-order valence-electron chi connectivity index (χ2n) is 2.39. The van der Waals surface area contributed by atoms with E-state index in [4.69, 9.17) is 0 Å². The number of ether oxygens (including phenoxy) is 2. The van der Waals surface area contributed by atoms with E-state index >= 15 is 0 Å². The zero-order valence-electron chi connectivity index (χ0n) is 6.53. The van der Waals surface area contributed by atoms with Crippen molar-refractivity contribution in [1.82, 2.24) is 0 Å². The van der Waals surface area contributed by atoms with Gasteiger partial charge in [0.15, 0.2) is 6.10 Å². The fourth-order valence-electron chi connectivity index (χ4n) is 0.863. The number of carbonyl (C=O) groups excluding carboxylic acids is 3. The molecule has 5 heteroatoms. The molecular formula is C7H8O5. The van der Waals surface area contributed by atoms with E-state index in [-0.39, 0.29) is 0 Å². The summed E-state index contributed by atoms with van der Waals surface area (Å²) in [5.41, 5.74) is 0. The Bertz CT molecular complexity index is 232. The monoisotopic (exact) mass is 172 g/mol. The maximum atomic E-state index is 10.8. The van der Waals surface area contributed by atoms with Crippen LogP contribution in [0.1, 0.15) is 19.8 Å². The van der Waals surface area contributed by atoms with Crippen molar-refractivity contribution >= 4 is 17.9 Å². The lowest BCUT2D eigenvalue weighted by molar-refractivity contribution is -0.192. The van der Waals surface area contributed by atoms with Crippen molar-refractivity contribution in [2.24, 2.45) is 0 Å². The molecule has 0 spiro atoms. The lowest BCUT2D eigenvalue weighted by Gasteiger charge is -2.18. The summed E-state index contributed by atoms with van der Waals surface area (Å²) >= 11 is 0. The van der Waals surface area contributed by atoms with Crippen molar-refractivity contribution in [2.75, 3.05) is 0 Å². The molecule has 1 aliphatic heterocycles. The van der Waals surface area contributed by atoms with E-state index in [1.54, 1.807) is 0 Å². The van der Waals surface area contributed by atoms with E-state index in [1.807, 2.05) is 6.92 Å². The first-order valence-electron chi connectivity index (χ1n) is 3.61. The maximum absolute atomic E-state index is 10.8. The Morgan fingerprint density at radius 3 is 2.50 bits per heavy atom.